The number of hydrogen-bond acceptors (Lipinski definition) is 7. The first kappa shape index (κ1) is 19.6. The van der Waals surface area contributed by atoms with E-state index in [1.807, 2.05) is 0 Å². The predicted molar refractivity (Wildman–Crippen MR) is 88.0 cm³/mol. The van der Waals surface area contributed by atoms with Crippen molar-refractivity contribution in [3.63, 3.8) is 0 Å². The number of ether oxygens (including phenoxy) is 1. The maximum atomic E-state index is 11.5. The van der Waals surface area contributed by atoms with Gasteiger partial charge in [0.2, 0.25) is 0 Å². The van der Waals surface area contributed by atoms with Crippen LogP contribution in [0.2, 0.25) is 0 Å². The molecule has 0 amide bonds. The lowest BCUT2D eigenvalue weighted by molar-refractivity contribution is -0.0458. The Hall–Kier alpha value is -1.48. The van der Waals surface area contributed by atoms with Gasteiger partial charge in [0.25, 0.3) is 0 Å². The second-order valence-corrected chi connectivity index (χ2v) is 5.28. The highest BCUT2D eigenvalue weighted by Gasteiger charge is 2.34. The van der Waals surface area contributed by atoms with E-state index in [1.165, 1.54) is 36.5 Å². The van der Waals surface area contributed by atoms with Crippen molar-refractivity contribution in [3.05, 3.63) is 22.7 Å². The minimum Gasteiger partial charge on any atom is -0.394 e. The molecule has 1 fully saturated rings. The molecule has 0 saturated carbocycles. The lowest BCUT2D eigenvalue weighted by Gasteiger charge is -2.13. The Bertz CT molecular complexity index is 513. The molecule has 0 bridgehead atoms. The normalized spacial score (nSPS) is 23.7. The third kappa shape index (κ3) is 5.58. The van der Waals surface area contributed by atoms with Crippen LogP contribution in [0.25, 0.3) is 0 Å². The molecule has 23 heavy (non-hydrogen) atoms. The molecule has 2 rings (SSSR count). The van der Waals surface area contributed by atoms with Gasteiger partial charge in [-0.1, -0.05) is 20.8 Å². The molecule has 1 aliphatic heterocycles. The van der Waals surface area contributed by atoms with Crippen molar-refractivity contribution in [1.82, 2.24) is 14.5 Å². The predicted octanol–water partition coefficient (Wildman–Crippen LogP) is -0.186. The summed E-state index contributed by atoms with van der Waals surface area (Å²) in [6.07, 6.45) is -0.333. The molecule has 4 N–H and O–H groups in total. The summed E-state index contributed by atoms with van der Waals surface area (Å²) in [6, 6.07) is 1.48. The zero-order valence-corrected chi connectivity index (χ0v) is 14.1. The summed E-state index contributed by atoms with van der Waals surface area (Å²) in [5.74, 6) is 0.138. The van der Waals surface area contributed by atoms with Gasteiger partial charge in [-0.05, 0) is 25.7 Å². The fourth-order valence-corrected chi connectivity index (χ4v) is 2.37. The highest BCUT2D eigenvalue weighted by Crippen LogP contribution is 2.27. The van der Waals surface area contributed by atoms with Gasteiger partial charge in [-0.3, -0.25) is 4.57 Å². The van der Waals surface area contributed by atoms with E-state index in [-0.39, 0.29) is 18.8 Å². The molecule has 8 heteroatoms. The smallest absolute Gasteiger partial charge is 0.351 e. The zero-order valence-electron chi connectivity index (χ0n) is 14.1. The van der Waals surface area contributed by atoms with Gasteiger partial charge >= 0.3 is 5.69 Å². The summed E-state index contributed by atoms with van der Waals surface area (Å²) in [5, 5.41) is 18.4. The molecular formula is C15H28N4O4. The first-order chi connectivity index (χ1) is 11.0. The van der Waals surface area contributed by atoms with E-state index < -0.39 is 24.1 Å². The summed E-state index contributed by atoms with van der Waals surface area (Å²) in [5.41, 5.74) is 4.82. The van der Waals surface area contributed by atoms with E-state index in [0.717, 1.165) is 0 Å². The molecule has 8 nitrogen and oxygen atoms in total. The number of aliphatic hydroxyl groups excluding tert-OH is 2. The van der Waals surface area contributed by atoms with Crippen LogP contribution in [-0.2, 0) is 4.74 Å². The Kier molecular flexibility index (Phi) is 8.18. The SMILES string of the molecule is CCN(CC)CC.Nc1ccn([C@H]2C[C@H](O)[C@@H](CO)O2)c(=O)n1. The number of aliphatic hydroxyl groups is 2. The van der Waals surface area contributed by atoms with Gasteiger partial charge in [-0.2, -0.15) is 4.98 Å². The Morgan fingerprint density at radius 2 is 2.00 bits per heavy atom. The van der Waals surface area contributed by atoms with Crippen LogP contribution < -0.4 is 11.4 Å². The number of nitrogens with two attached hydrogens (primary N) is 1. The van der Waals surface area contributed by atoms with E-state index in [4.69, 9.17) is 15.6 Å². The third-order valence-corrected chi connectivity index (χ3v) is 3.89. The number of hydrogen-bond donors (Lipinski definition) is 3. The summed E-state index contributed by atoms with van der Waals surface area (Å²) in [7, 11) is 0. The van der Waals surface area contributed by atoms with Crippen molar-refractivity contribution in [3.8, 4) is 0 Å². The molecule has 1 aromatic rings. The van der Waals surface area contributed by atoms with Gasteiger partial charge in [0, 0.05) is 12.6 Å². The first-order valence-corrected chi connectivity index (χ1v) is 7.98. The molecule has 0 spiro atoms. The minimum atomic E-state index is -0.778. The Morgan fingerprint density at radius 3 is 2.39 bits per heavy atom. The topological polar surface area (TPSA) is 114 Å². The van der Waals surface area contributed by atoms with E-state index in [0.29, 0.717) is 0 Å². The van der Waals surface area contributed by atoms with Crippen LogP contribution in [-0.4, -0.2) is 63.1 Å². The van der Waals surface area contributed by atoms with E-state index >= 15 is 0 Å². The average molecular weight is 328 g/mol. The van der Waals surface area contributed by atoms with E-state index in [1.54, 1.807) is 0 Å². The van der Waals surface area contributed by atoms with Crippen molar-refractivity contribution in [2.75, 3.05) is 32.0 Å². The van der Waals surface area contributed by atoms with Crippen molar-refractivity contribution in [2.24, 2.45) is 0 Å². The van der Waals surface area contributed by atoms with Gasteiger partial charge in [-0.15, -0.1) is 0 Å². The standard InChI is InChI=1S/C9H13N3O4.C6H15N/c10-7-1-2-12(9(15)11-7)8-3-5(14)6(4-13)16-8;1-4-7(5-2)6-3/h1-2,5-6,8,13-14H,3-4H2,(H2,10,11,15);4-6H2,1-3H3/t5-,6+,8+;/m0./s1. The molecule has 0 radical (unpaired) electrons. The highest BCUT2D eigenvalue weighted by molar-refractivity contribution is 5.23. The molecule has 132 valence electrons. The van der Waals surface area contributed by atoms with Gasteiger partial charge in [-0.25, -0.2) is 4.79 Å². The summed E-state index contributed by atoms with van der Waals surface area (Å²) >= 11 is 0. The van der Waals surface area contributed by atoms with Gasteiger partial charge < -0.3 is 25.6 Å². The molecule has 1 aromatic heterocycles. The average Bonchev–Trinajstić information content (AvgIpc) is 2.90. The Labute approximate surface area is 136 Å². The van der Waals surface area contributed by atoms with Gasteiger partial charge in [0.1, 0.15) is 18.1 Å². The number of aromatic nitrogens is 2. The summed E-state index contributed by atoms with van der Waals surface area (Å²) in [6.45, 7) is 9.84. The largest absolute Gasteiger partial charge is 0.394 e. The maximum absolute atomic E-state index is 11.5. The van der Waals surface area contributed by atoms with Crippen LogP contribution in [0, 0.1) is 0 Å². The lowest BCUT2D eigenvalue weighted by Crippen LogP contribution is -2.27. The third-order valence-electron chi connectivity index (χ3n) is 3.89. The number of anilines is 1. The molecular weight excluding hydrogens is 300 g/mol. The van der Waals surface area contributed by atoms with Gasteiger partial charge in [0.05, 0.1) is 12.7 Å². The number of rotatable bonds is 5. The molecule has 1 aliphatic rings. The number of nitrogen functional groups attached to an aromatic ring is 1. The minimum absolute atomic E-state index is 0.138. The van der Waals surface area contributed by atoms with Gasteiger partial charge in [0.15, 0.2) is 0 Å². The first-order valence-electron chi connectivity index (χ1n) is 7.98. The Balaban J connectivity index is 0.000000322. The maximum Gasteiger partial charge on any atom is 0.351 e. The van der Waals surface area contributed by atoms with E-state index in [2.05, 4.69) is 30.7 Å². The number of nitrogens with zero attached hydrogens (tertiary/aromatic N) is 3. The van der Waals surface area contributed by atoms with Crippen LogP contribution in [0.5, 0.6) is 0 Å². The van der Waals surface area contributed by atoms with Crippen molar-refractivity contribution < 1.29 is 14.9 Å². The molecule has 0 aliphatic carbocycles. The molecule has 3 atom stereocenters. The summed E-state index contributed by atoms with van der Waals surface area (Å²) in [4.78, 5) is 17.4. The van der Waals surface area contributed by atoms with Crippen LogP contribution in [0.15, 0.2) is 17.1 Å². The van der Waals surface area contributed by atoms with E-state index in [9.17, 15) is 9.90 Å². The summed E-state index contributed by atoms with van der Waals surface area (Å²) < 4.78 is 6.56. The van der Waals surface area contributed by atoms with Crippen molar-refractivity contribution in [1.29, 1.82) is 0 Å². The second kappa shape index (κ2) is 9.61. The highest BCUT2D eigenvalue weighted by atomic mass is 16.5. The van der Waals surface area contributed by atoms with Crippen LogP contribution in [0.1, 0.15) is 33.4 Å². The Morgan fingerprint density at radius 1 is 1.39 bits per heavy atom. The van der Waals surface area contributed by atoms with Crippen molar-refractivity contribution in [2.45, 2.75) is 45.6 Å². The zero-order chi connectivity index (χ0) is 17.4. The van der Waals surface area contributed by atoms with Crippen LogP contribution in [0.3, 0.4) is 0 Å². The molecule has 0 unspecified atom stereocenters. The fourth-order valence-electron chi connectivity index (χ4n) is 2.37. The molecule has 0 aromatic carbocycles. The van der Waals surface area contributed by atoms with Crippen LogP contribution >= 0.6 is 0 Å². The quantitative estimate of drug-likeness (QED) is 0.686. The molecule has 1 saturated heterocycles. The second-order valence-electron chi connectivity index (χ2n) is 5.28. The van der Waals surface area contributed by atoms with Crippen LogP contribution in [0.4, 0.5) is 5.82 Å². The van der Waals surface area contributed by atoms with Crippen molar-refractivity contribution >= 4 is 5.82 Å². The lowest BCUT2D eigenvalue weighted by atomic mass is 10.2. The molecule has 2 heterocycles. The fraction of sp³-hybridized carbons (Fsp3) is 0.733. The monoisotopic (exact) mass is 328 g/mol.